The van der Waals surface area contributed by atoms with Crippen molar-refractivity contribution in [1.29, 1.82) is 0 Å². The molecule has 0 bridgehead atoms. The van der Waals surface area contributed by atoms with Gasteiger partial charge in [-0.1, -0.05) is 17.7 Å². The number of hydrogen-bond donors (Lipinski definition) is 1. The molecule has 0 saturated carbocycles. The van der Waals surface area contributed by atoms with Crippen molar-refractivity contribution in [2.24, 2.45) is 0 Å². The predicted octanol–water partition coefficient (Wildman–Crippen LogP) is 4.00. The average molecular weight is 404 g/mol. The first-order valence-electron chi connectivity index (χ1n) is 9.53. The van der Waals surface area contributed by atoms with Crippen LogP contribution in [0.25, 0.3) is 0 Å². The maximum absolute atomic E-state index is 11.5. The van der Waals surface area contributed by atoms with Gasteiger partial charge in [0, 0.05) is 31.9 Å². The van der Waals surface area contributed by atoms with Crippen LogP contribution in [0.3, 0.4) is 0 Å². The lowest BCUT2D eigenvalue weighted by molar-refractivity contribution is 0.0600. The number of rotatable bonds is 7. The Morgan fingerprint density at radius 3 is 2.71 bits per heavy atom. The summed E-state index contributed by atoms with van der Waals surface area (Å²) in [7, 11) is 1.37. The maximum atomic E-state index is 11.5. The van der Waals surface area contributed by atoms with Crippen molar-refractivity contribution >= 4 is 23.4 Å². The highest BCUT2D eigenvalue weighted by atomic mass is 35.5. The summed E-state index contributed by atoms with van der Waals surface area (Å²) in [6.07, 6.45) is 3.61. The summed E-state index contributed by atoms with van der Waals surface area (Å²) >= 11 is 6.17. The molecule has 1 aliphatic rings. The Bertz CT molecular complexity index is 790. The van der Waals surface area contributed by atoms with Crippen LogP contribution in [-0.2, 0) is 11.3 Å². The monoisotopic (exact) mass is 403 g/mol. The number of piperidine rings is 1. The molecule has 150 valence electrons. The van der Waals surface area contributed by atoms with E-state index >= 15 is 0 Å². The van der Waals surface area contributed by atoms with E-state index in [4.69, 9.17) is 21.1 Å². The van der Waals surface area contributed by atoms with Crippen LogP contribution in [-0.4, -0.2) is 48.7 Å². The lowest BCUT2D eigenvalue weighted by Gasteiger charge is -2.32. The molecule has 2 heterocycles. The normalized spacial score (nSPS) is 15.2. The highest BCUT2D eigenvalue weighted by Crippen LogP contribution is 2.27. The molecule has 0 aliphatic carbocycles. The first kappa shape index (κ1) is 20.4. The van der Waals surface area contributed by atoms with Gasteiger partial charge in [0.1, 0.15) is 11.6 Å². The molecule has 0 radical (unpaired) electrons. The highest BCUT2D eigenvalue weighted by molar-refractivity contribution is 6.32. The highest BCUT2D eigenvalue weighted by Gasteiger charge is 2.20. The van der Waals surface area contributed by atoms with Crippen LogP contribution in [0.5, 0.6) is 5.75 Å². The maximum Gasteiger partial charge on any atom is 0.339 e. The molecule has 0 spiro atoms. The van der Waals surface area contributed by atoms with Gasteiger partial charge in [-0.15, -0.1) is 0 Å². The molecule has 3 rings (SSSR count). The van der Waals surface area contributed by atoms with Crippen LogP contribution >= 0.6 is 11.6 Å². The Morgan fingerprint density at radius 1 is 1.29 bits per heavy atom. The minimum Gasteiger partial charge on any atom is -0.492 e. The van der Waals surface area contributed by atoms with E-state index in [1.807, 2.05) is 25.1 Å². The number of hydrogen-bond acceptors (Lipinski definition) is 6. The average Bonchev–Trinajstić information content (AvgIpc) is 2.72. The van der Waals surface area contributed by atoms with Gasteiger partial charge in [0.15, 0.2) is 0 Å². The lowest BCUT2D eigenvalue weighted by Crippen LogP contribution is -2.38. The van der Waals surface area contributed by atoms with Crippen LogP contribution in [0.2, 0.25) is 5.02 Å². The molecule has 0 amide bonds. The van der Waals surface area contributed by atoms with Crippen molar-refractivity contribution in [3.63, 3.8) is 0 Å². The number of aromatic nitrogens is 1. The van der Waals surface area contributed by atoms with E-state index in [9.17, 15) is 4.79 Å². The minimum absolute atomic E-state index is 0.372. The number of pyridine rings is 1. The van der Waals surface area contributed by atoms with Gasteiger partial charge in [0.05, 0.1) is 24.3 Å². The van der Waals surface area contributed by atoms with Gasteiger partial charge < -0.3 is 14.8 Å². The Balaban J connectivity index is 1.49. The van der Waals surface area contributed by atoms with Gasteiger partial charge in [-0.05, 0) is 49.6 Å². The van der Waals surface area contributed by atoms with E-state index in [0.29, 0.717) is 23.2 Å². The molecule has 28 heavy (non-hydrogen) atoms. The molecule has 1 aromatic heterocycles. The molecule has 0 unspecified atom stereocenters. The van der Waals surface area contributed by atoms with Gasteiger partial charge >= 0.3 is 5.97 Å². The molecule has 1 fully saturated rings. The minimum atomic E-state index is -0.373. The second-order valence-corrected chi connectivity index (χ2v) is 7.22. The Kier molecular flexibility index (Phi) is 7.12. The van der Waals surface area contributed by atoms with Crippen molar-refractivity contribution < 1.29 is 14.3 Å². The zero-order chi connectivity index (χ0) is 19.9. The number of benzene rings is 1. The smallest absolute Gasteiger partial charge is 0.339 e. The third kappa shape index (κ3) is 5.36. The SMILES string of the molecule is CCOc1cc(CN2CCC(Nc3ccc(C(=O)OC)cn3)CC2)ccc1Cl. The third-order valence-electron chi connectivity index (χ3n) is 4.83. The topological polar surface area (TPSA) is 63.7 Å². The quantitative estimate of drug-likeness (QED) is 0.705. The van der Waals surface area contributed by atoms with Gasteiger partial charge in [-0.3, -0.25) is 4.90 Å². The number of nitrogens with one attached hydrogen (secondary N) is 1. The van der Waals surface area contributed by atoms with E-state index in [-0.39, 0.29) is 5.97 Å². The fourth-order valence-electron chi connectivity index (χ4n) is 3.33. The Labute approximate surface area is 170 Å². The van der Waals surface area contributed by atoms with Gasteiger partial charge in [-0.25, -0.2) is 9.78 Å². The summed E-state index contributed by atoms with van der Waals surface area (Å²) in [6.45, 7) is 5.46. The first-order chi connectivity index (χ1) is 13.6. The van der Waals surface area contributed by atoms with E-state index in [0.717, 1.165) is 44.0 Å². The molecule has 7 heteroatoms. The molecule has 1 saturated heterocycles. The molecule has 1 aromatic carbocycles. The van der Waals surface area contributed by atoms with Crippen molar-refractivity contribution in [1.82, 2.24) is 9.88 Å². The number of carbonyl (C=O) groups is 1. The lowest BCUT2D eigenvalue weighted by atomic mass is 10.0. The summed E-state index contributed by atoms with van der Waals surface area (Å²) in [4.78, 5) is 18.2. The summed E-state index contributed by atoms with van der Waals surface area (Å²) in [5, 5.41) is 4.11. The van der Waals surface area contributed by atoms with Gasteiger partial charge in [0.2, 0.25) is 0 Å². The molecular weight excluding hydrogens is 378 g/mol. The largest absolute Gasteiger partial charge is 0.492 e. The number of esters is 1. The molecule has 1 N–H and O–H groups in total. The van der Waals surface area contributed by atoms with E-state index < -0.39 is 0 Å². The summed E-state index contributed by atoms with van der Waals surface area (Å²) in [5.41, 5.74) is 1.66. The van der Waals surface area contributed by atoms with Crippen LogP contribution in [0.4, 0.5) is 5.82 Å². The molecular formula is C21H26ClN3O3. The fourth-order valence-corrected chi connectivity index (χ4v) is 3.50. The number of halogens is 1. The standard InChI is InChI=1S/C21H26ClN3O3/c1-3-28-19-12-15(4-6-18(19)22)14-25-10-8-17(9-11-25)24-20-7-5-16(13-23-20)21(26)27-2/h4-7,12-13,17H,3,8-11,14H2,1-2H3,(H,23,24). The van der Waals surface area contributed by atoms with Crippen LogP contribution < -0.4 is 10.1 Å². The number of ether oxygens (including phenoxy) is 2. The van der Waals surface area contributed by atoms with Crippen molar-refractivity contribution in [3.8, 4) is 5.75 Å². The zero-order valence-electron chi connectivity index (χ0n) is 16.3. The van der Waals surface area contributed by atoms with Crippen LogP contribution in [0.15, 0.2) is 36.5 Å². The molecule has 2 aromatic rings. The van der Waals surface area contributed by atoms with E-state index in [1.165, 1.54) is 12.7 Å². The van der Waals surface area contributed by atoms with Gasteiger partial charge in [-0.2, -0.15) is 0 Å². The number of nitrogens with zero attached hydrogens (tertiary/aromatic N) is 2. The van der Waals surface area contributed by atoms with Crippen molar-refractivity contribution in [3.05, 3.63) is 52.7 Å². The van der Waals surface area contributed by atoms with E-state index in [2.05, 4.69) is 21.3 Å². The van der Waals surface area contributed by atoms with Crippen molar-refractivity contribution in [2.75, 3.05) is 32.1 Å². The fraction of sp³-hybridized carbons (Fsp3) is 0.429. The second kappa shape index (κ2) is 9.75. The summed E-state index contributed by atoms with van der Waals surface area (Å²) in [5.74, 6) is 1.16. The Hall–Kier alpha value is -2.31. The molecule has 0 atom stereocenters. The number of methoxy groups -OCH3 is 1. The van der Waals surface area contributed by atoms with Crippen LogP contribution in [0.1, 0.15) is 35.7 Å². The summed E-state index contributed by atoms with van der Waals surface area (Å²) < 4.78 is 10.3. The van der Waals surface area contributed by atoms with E-state index in [1.54, 1.807) is 12.3 Å². The first-order valence-corrected chi connectivity index (χ1v) is 9.91. The molecule has 1 aliphatic heterocycles. The van der Waals surface area contributed by atoms with Crippen LogP contribution in [0, 0.1) is 0 Å². The predicted molar refractivity (Wildman–Crippen MR) is 110 cm³/mol. The van der Waals surface area contributed by atoms with Crippen molar-refractivity contribution in [2.45, 2.75) is 32.4 Å². The Morgan fingerprint density at radius 2 is 2.07 bits per heavy atom. The van der Waals surface area contributed by atoms with Gasteiger partial charge in [0.25, 0.3) is 0 Å². The summed E-state index contributed by atoms with van der Waals surface area (Å²) in [6, 6.07) is 9.91. The third-order valence-corrected chi connectivity index (χ3v) is 5.14. The second-order valence-electron chi connectivity index (χ2n) is 6.82. The zero-order valence-corrected chi connectivity index (χ0v) is 17.0. The number of anilines is 1. The number of likely N-dealkylation sites (tertiary alicyclic amines) is 1. The molecule has 6 nitrogen and oxygen atoms in total. The number of carbonyl (C=O) groups excluding carboxylic acids is 1.